The Balaban J connectivity index is 2.30. The molecule has 0 aliphatic carbocycles. The van der Waals surface area contributed by atoms with Crippen LogP contribution in [0.1, 0.15) is 67.7 Å². The molecule has 0 aromatic heterocycles. The van der Waals surface area contributed by atoms with Gasteiger partial charge in [0.05, 0.1) is 5.03 Å². The Bertz CT molecular complexity index is 693. The highest BCUT2D eigenvalue weighted by atomic mass is 32.2. The number of carbonyl (C=O) groups excluding carboxylic acids is 2. The normalized spacial score (nSPS) is 22.0. The van der Waals surface area contributed by atoms with Crippen LogP contribution in [-0.2, 0) is 14.3 Å². The molecule has 0 bridgehead atoms. The van der Waals surface area contributed by atoms with Crippen LogP contribution in [0.3, 0.4) is 0 Å². The summed E-state index contributed by atoms with van der Waals surface area (Å²) in [6, 6.07) is 0. The third kappa shape index (κ3) is 4.81. The molecule has 26 heavy (non-hydrogen) atoms. The fraction of sp³-hybridized carbons (Fsp3) is 0.619. The van der Waals surface area contributed by atoms with Crippen molar-refractivity contribution in [2.24, 2.45) is 5.41 Å². The summed E-state index contributed by atoms with van der Waals surface area (Å²) in [5.41, 5.74) is 0.603. The van der Waals surface area contributed by atoms with Crippen LogP contribution < -0.4 is 0 Å². The zero-order chi connectivity index (χ0) is 19.7. The predicted octanol–water partition coefficient (Wildman–Crippen LogP) is 5.18. The molecule has 4 nitrogen and oxygen atoms in total. The molecule has 0 fully saturated rings. The minimum atomic E-state index is -0.634. The van der Waals surface area contributed by atoms with Gasteiger partial charge in [0.2, 0.25) is 5.78 Å². The molecule has 5 heteroatoms. The second kappa shape index (κ2) is 7.63. The van der Waals surface area contributed by atoms with Gasteiger partial charge in [-0.15, -0.1) is 0 Å². The molecule has 2 aliphatic rings. The Labute approximate surface area is 161 Å². The first-order chi connectivity index (χ1) is 11.9. The van der Waals surface area contributed by atoms with Crippen molar-refractivity contribution >= 4 is 23.3 Å². The Morgan fingerprint density at radius 1 is 1.38 bits per heavy atom. The van der Waals surface area contributed by atoms with E-state index in [9.17, 15) is 9.59 Å². The molecule has 0 spiro atoms. The Hall–Kier alpha value is -1.49. The molecular formula is C21H31NO3S. The van der Waals surface area contributed by atoms with E-state index >= 15 is 0 Å². The summed E-state index contributed by atoms with van der Waals surface area (Å²) < 4.78 is 5.76. The van der Waals surface area contributed by atoms with Crippen molar-refractivity contribution in [3.8, 4) is 0 Å². The molecule has 2 aliphatic heterocycles. The largest absolute Gasteiger partial charge is 0.483 e. The molecule has 0 aromatic rings. The van der Waals surface area contributed by atoms with Crippen LogP contribution in [0.25, 0.3) is 0 Å². The van der Waals surface area contributed by atoms with E-state index in [1.807, 2.05) is 13.8 Å². The number of thioether (sulfide) groups is 1. The topological polar surface area (TPSA) is 46.6 Å². The van der Waals surface area contributed by atoms with Crippen LogP contribution in [0.2, 0.25) is 0 Å². The lowest BCUT2D eigenvalue weighted by atomic mass is 9.94. The van der Waals surface area contributed by atoms with Crippen LogP contribution in [0.5, 0.6) is 0 Å². The fourth-order valence-electron chi connectivity index (χ4n) is 3.20. The van der Waals surface area contributed by atoms with Gasteiger partial charge in [-0.2, -0.15) is 0 Å². The van der Waals surface area contributed by atoms with Gasteiger partial charge in [-0.05, 0) is 32.6 Å². The van der Waals surface area contributed by atoms with E-state index in [1.165, 1.54) is 16.7 Å². The van der Waals surface area contributed by atoms with Crippen molar-refractivity contribution in [3.05, 3.63) is 33.5 Å². The maximum absolute atomic E-state index is 12.8. The number of nitrogens with zero attached hydrogens (tertiary/aromatic N) is 1. The van der Waals surface area contributed by atoms with Crippen LogP contribution in [-0.4, -0.2) is 28.6 Å². The maximum Gasteiger partial charge on any atom is 0.223 e. The molecule has 0 radical (unpaired) electrons. The lowest BCUT2D eigenvalue weighted by molar-refractivity contribution is -0.127. The van der Waals surface area contributed by atoms with Gasteiger partial charge >= 0.3 is 0 Å². The molecule has 0 saturated heterocycles. The van der Waals surface area contributed by atoms with E-state index in [0.29, 0.717) is 6.42 Å². The summed E-state index contributed by atoms with van der Waals surface area (Å²) in [5, 5.41) is 0.922. The number of carbonyl (C=O) groups is 2. The SMILES string of the molecule is CCCCN1C(C)=C(C(C)(C)C)S/C1=C\C(=O)C1=CC(=O)CC(C)(C)O1. The van der Waals surface area contributed by atoms with Crippen molar-refractivity contribution in [2.45, 2.75) is 73.3 Å². The van der Waals surface area contributed by atoms with Crippen molar-refractivity contribution in [1.82, 2.24) is 4.90 Å². The number of hydrogen-bond donors (Lipinski definition) is 0. The molecule has 0 atom stereocenters. The van der Waals surface area contributed by atoms with Gasteiger partial charge in [-0.3, -0.25) is 9.59 Å². The molecule has 0 unspecified atom stereocenters. The number of allylic oxidation sites excluding steroid dienone is 4. The van der Waals surface area contributed by atoms with Crippen LogP contribution in [0.15, 0.2) is 33.5 Å². The van der Waals surface area contributed by atoms with Gasteiger partial charge in [-0.1, -0.05) is 45.9 Å². The van der Waals surface area contributed by atoms with E-state index in [4.69, 9.17) is 4.74 Å². The summed E-state index contributed by atoms with van der Waals surface area (Å²) in [7, 11) is 0. The summed E-state index contributed by atoms with van der Waals surface area (Å²) in [4.78, 5) is 28.2. The summed E-state index contributed by atoms with van der Waals surface area (Å²) in [5.74, 6) is -0.149. The van der Waals surface area contributed by atoms with Crippen LogP contribution in [0.4, 0.5) is 0 Å². The summed E-state index contributed by atoms with van der Waals surface area (Å²) in [6.07, 6.45) is 5.42. The van der Waals surface area contributed by atoms with Gasteiger partial charge in [0, 0.05) is 35.7 Å². The highest BCUT2D eigenvalue weighted by molar-refractivity contribution is 8.07. The van der Waals surface area contributed by atoms with Gasteiger partial charge < -0.3 is 9.64 Å². The lowest BCUT2D eigenvalue weighted by Crippen LogP contribution is -2.33. The molecule has 144 valence electrons. The fourth-order valence-corrected chi connectivity index (χ4v) is 4.48. The molecule has 0 aromatic carbocycles. The van der Waals surface area contributed by atoms with E-state index in [-0.39, 0.29) is 22.7 Å². The number of unbranched alkanes of at least 4 members (excludes halogenated alkanes) is 1. The number of ether oxygens (including phenoxy) is 1. The van der Waals surface area contributed by atoms with Crippen LogP contribution in [0, 0.1) is 5.41 Å². The highest BCUT2D eigenvalue weighted by Crippen LogP contribution is 2.49. The van der Waals surface area contributed by atoms with Crippen LogP contribution >= 0.6 is 11.8 Å². The van der Waals surface area contributed by atoms with E-state index in [1.54, 1.807) is 17.8 Å². The molecular weight excluding hydrogens is 346 g/mol. The zero-order valence-corrected chi connectivity index (χ0v) is 17.9. The molecule has 0 amide bonds. The first-order valence-corrected chi connectivity index (χ1v) is 10.1. The molecule has 0 saturated carbocycles. The Kier molecular flexibility index (Phi) is 6.11. The lowest BCUT2D eigenvalue weighted by Gasteiger charge is -2.29. The standard InChI is InChI=1S/C21H31NO3S/c1-8-9-10-22-14(2)19(20(3,4)5)26-18(22)12-16(24)17-11-15(23)13-21(6,7)25-17/h11-12H,8-10,13H2,1-7H3/b18-12-. The maximum atomic E-state index is 12.8. The smallest absolute Gasteiger partial charge is 0.223 e. The number of ketones is 2. The molecule has 2 rings (SSSR count). The van der Waals surface area contributed by atoms with E-state index < -0.39 is 5.60 Å². The van der Waals surface area contributed by atoms with E-state index in [2.05, 4.69) is 39.5 Å². The third-order valence-corrected chi connectivity index (χ3v) is 6.06. The molecule has 0 N–H and O–H groups in total. The first-order valence-electron chi connectivity index (χ1n) is 9.31. The zero-order valence-electron chi connectivity index (χ0n) is 17.1. The van der Waals surface area contributed by atoms with Crippen molar-refractivity contribution in [2.75, 3.05) is 6.54 Å². The van der Waals surface area contributed by atoms with Gasteiger partial charge in [0.25, 0.3) is 0 Å². The van der Waals surface area contributed by atoms with Crippen molar-refractivity contribution in [1.29, 1.82) is 0 Å². The molecule has 2 heterocycles. The number of rotatable bonds is 5. The Morgan fingerprint density at radius 2 is 2.04 bits per heavy atom. The highest BCUT2D eigenvalue weighted by Gasteiger charge is 2.34. The van der Waals surface area contributed by atoms with Crippen molar-refractivity contribution < 1.29 is 14.3 Å². The minimum absolute atomic E-state index is 0.0242. The number of hydrogen-bond acceptors (Lipinski definition) is 5. The second-order valence-corrected chi connectivity index (χ2v) is 9.66. The monoisotopic (exact) mass is 377 g/mol. The van der Waals surface area contributed by atoms with Gasteiger partial charge in [-0.25, -0.2) is 0 Å². The first kappa shape index (κ1) is 20.8. The van der Waals surface area contributed by atoms with E-state index in [0.717, 1.165) is 24.4 Å². The quantitative estimate of drug-likeness (QED) is 0.618. The second-order valence-electron chi connectivity index (χ2n) is 8.63. The summed E-state index contributed by atoms with van der Waals surface area (Å²) >= 11 is 1.66. The van der Waals surface area contributed by atoms with Gasteiger partial charge in [0.15, 0.2) is 11.5 Å². The predicted molar refractivity (Wildman–Crippen MR) is 107 cm³/mol. The van der Waals surface area contributed by atoms with Gasteiger partial charge in [0.1, 0.15) is 5.60 Å². The van der Waals surface area contributed by atoms with Crippen molar-refractivity contribution in [3.63, 3.8) is 0 Å². The average Bonchev–Trinajstić information content (AvgIpc) is 2.79. The third-order valence-electron chi connectivity index (χ3n) is 4.40. The minimum Gasteiger partial charge on any atom is -0.483 e. The summed E-state index contributed by atoms with van der Waals surface area (Å²) in [6.45, 7) is 15.4. The Morgan fingerprint density at radius 3 is 2.58 bits per heavy atom. The average molecular weight is 378 g/mol.